The van der Waals surface area contributed by atoms with E-state index >= 15 is 0 Å². The van der Waals surface area contributed by atoms with Gasteiger partial charge in [-0.2, -0.15) is 16.4 Å². The van der Waals surface area contributed by atoms with Gasteiger partial charge in [0.2, 0.25) is 0 Å². The van der Waals surface area contributed by atoms with Crippen molar-refractivity contribution in [3.63, 3.8) is 0 Å². The van der Waals surface area contributed by atoms with Gasteiger partial charge in [0, 0.05) is 24.9 Å². The first-order valence-corrected chi connectivity index (χ1v) is 9.20. The van der Waals surface area contributed by atoms with Crippen LogP contribution in [-0.2, 0) is 0 Å². The molecule has 1 aliphatic rings. The normalized spacial score (nSPS) is 16.8. The lowest BCUT2D eigenvalue weighted by atomic mass is 10.1. The van der Waals surface area contributed by atoms with Crippen molar-refractivity contribution >= 4 is 22.9 Å². The summed E-state index contributed by atoms with van der Waals surface area (Å²) in [6.07, 6.45) is 5.18. The highest BCUT2D eigenvalue weighted by Gasteiger charge is 2.31. The van der Waals surface area contributed by atoms with E-state index in [1.807, 2.05) is 10.3 Å². The van der Waals surface area contributed by atoms with E-state index in [0.717, 1.165) is 19.4 Å². The minimum atomic E-state index is -0.445. The van der Waals surface area contributed by atoms with Gasteiger partial charge in [0.1, 0.15) is 0 Å². The highest BCUT2D eigenvalue weighted by atomic mass is 32.1. The number of amides is 1. The van der Waals surface area contributed by atoms with Gasteiger partial charge in [0.25, 0.3) is 11.6 Å². The number of benzene rings is 1. The predicted octanol–water partition coefficient (Wildman–Crippen LogP) is 3.82. The number of likely N-dealkylation sites (tertiary alicyclic amines) is 1. The van der Waals surface area contributed by atoms with Gasteiger partial charge in [-0.3, -0.25) is 14.9 Å². The maximum Gasteiger partial charge on any atom is 0.269 e. The molecule has 26 heavy (non-hydrogen) atoms. The largest absolute Gasteiger partial charge is 0.331 e. The number of hydrogen-bond acceptors (Lipinski definition) is 5. The molecule has 1 saturated heterocycles. The number of nitro benzene ring substituents is 1. The number of carbonyl (C=O) groups excluding carboxylic acids is 1. The van der Waals surface area contributed by atoms with E-state index in [4.69, 9.17) is 0 Å². The first-order valence-electron chi connectivity index (χ1n) is 8.26. The van der Waals surface area contributed by atoms with Crippen LogP contribution in [0, 0.1) is 10.1 Å². The van der Waals surface area contributed by atoms with Crippen molar-refractivity contribution in [1.82, 2.24) is 14.7 Å². The Morgan fingerprint density at radius 1 is 1.27 bits per heavy atom. The fourth-order valence-corrected chi connectivity index (χ4v) is 4.00. The lowest BCUT2D eigenvalue weighted by Crippen LogP contribution is -2.30. The number of carbonyl (C=O) groups is 1. The van der Waals surface area contributed by atoms with Gasteiger partial charge in [0.15, 0.2) is 0 Å². The first kappa shape index (κ1) is 16.5. The summed E-state index contributed by atoms with van der Waals surface area (Å²) in [5.74, 6) is -0.0353. The first-order chi connectivity index (χ1) is 12.6. The second-order valence-corrected chi connectivity index (χ2v) is 6.94. The van der Waals surface area contributed by atoms with Gasteiger partial charge in [-0.15, -0.1) is 0 Å². The molecule has 2 aromatic heterocycles. The fourth-order valence-electron chi connectivity index (χ4n) is 3.29. The second-order valence-electron chi connectivity index (χ2n) is 6.16. The highest BCUT2D eigenvalue weighted by Crippen LogP contribution is 2.34. The van der Waals surface area contributed by atoms with Gasteiger partial charge < -0.3 is 4.90 Å². The van der Waals surface area contributed by atoms with Crippen LogP contribution in [0.25, 0.3) is 5.69 Å². The van der Waals surface area contributed by atoms with Gasteiger partial charge >= 0.3 is 0 Å². The standard InChI is InChI=1S/C18H16N4O3S/c23-18(20-8-1-2-17(20)13-7-9-26-12-13)14-10-19-21(11-14)15-3-5-16(6-4-15)22(24)25/h3-7,9-12,17H,1-2,8H2/t17-/m1/s1. The van der Waals surface area contributed by atoms with E-state index in [-0.39, 0.29) is 17.6 Å². The molecule has 132 valence electrons. The average molecular weight is 368 g/mol. The quantitative estimate of drug-likeness (QED) is 0.518. The molecule has 0 unspecified atom stereocenters. The third-order valence-corrected chi connectivity index (χ3v) is 5.30. The van der Waals surface area contributed by atoms with Crippen LogP contribution in [0.5, 0.6) is 0 Å². The summed E-state index contributed by atoms with van der Waals surface area (Å²) in [5, 5.41) is 19.1. The maximum atomic E-state index is 12.9. The molecular weight excluding hydrogens is 352 g/mol. The van der Waals surface area contributed by atoms with Gasteiger partial charge in [-0.1, -0.05) is 0 Å². The molecule has 3 aromatic rings. The zero-order valence-corrected chi connectivity index (χ0v) is 14.6. The van der Waals surface area contributed by atoms with Crippen LogP contribution in [0.3, 0.4) is 0 Å². The summed E-state index contributed by atoms with van der Waals surface area (Å²) >= 11 is 1.64. The van der Waals surface area contributed by atoms with Crippen LogP contribution < -0.4 is 0 Å². The lowest BCUT2D eigenvalue weighted by Gasteiger charge is -2.23. The van der Waals surface area contributed by atoms with Crippen molar-refractivity contribution in [2.75, 3.05) is 6.54 Å². The van der Waals surface area contributed by atoms with Gasteiger partial charge in [-0.05, 0) is 47.4 Å². The molecule has 1 aliphatic heterocycles. The molecule has 3 heterocycles. The Labute approximate surface area is 153 Å². The Bertz CT molecular complexity index is 934. The Morgan fingerprint density at radius 3 is 2.77 bits per heavy atom. The zero-order valence-electron chi connectivity index (χ0n) is 13.8. The highest BCUT2D eigenvalue weighted by molar-refractivity contribution is 7.08. The van der Waals surface area contributed by atoms with E-state index < -0.39 is 4.92 Å². The minimum absolute atomic E-state index is 0.0212. The molecule has 1 fully saturated rings. The molecule has 0 radical (unpaired) electrons. The van der Waals surface area contributed by atoms with Crippen LogP contribution >= 0.6 is 11.3 Å². The number of non-ortho nitro benzene ring substituents is 1. The summed E-state index contributed by atoms with van der Waals surface area (Å²) in [5.41, 5.74) is 2.40. The predicted molar refractivity (Wildman–Crippen MR) is 97.5 cm³/mol. The van der Waals surface area contributed by atoms with E-state index in [9.17, 15) is 14.9 Å². The van der Waals surface area contributed by atoms with Crippen molar-refractivity contribution in [1.29, 1.82) is 0 Å². The molecule has 1 aromatic carbocycles. The third kappa shape index (κ3) is 2.99. The molecule has 0 N–H and O–H groups in total. The Hall–Kier alpha value is -3.00. The number of hydrogen-bond donors (Lipinski definition) is 0. The van der Waals surface area contributed by atoms with E-state index in [1.54, 1.807) is 40.5 Å². The summed E-state index contributed by atoms with van der Waals surface area (Å²) in [6.45, 7) is 0.738. The molecule has 1 atom stereocenters. The third-order valence-electron chi connectivity index (χ3n) is 4.60. The number of aromatic nitrogens is 2. The molecular formula is C18H16N4O3S. The number of rotatable bonds is 4. The molecule has 7 nitrogen and oxygen atoms in total. The van der Waals surface area contributed by atoms with E-state index in [1.165, 1.54) is 17.7 Å². The Morgan fingerprint density at radius 2 is 2.08 bits per heavy atom. The Balaban J connectivity index is 1.55. The van der Waals surface area contributed by atoms with Crippen molar-refractivity contribution < 1.29 is 9.72 Å². The van der Waals surface area contributed by atoms with Crippen LogP contribution in [0.4, 0.5) is 5.69 Å². The maximum absolute atomic E-state index is 12.9. The number of thiophene rings is 1. The molecule has 8 heteroatoms. The SMILES string of the molecule is O=C(c1cnn(-c2ccc([N+](=O)[O-])cc2)c1)N1CCC[C@@H]1c1ccsc1. The van der Waals surface area contributed by atoms with Crippen LogP contribution in [-0.4, -0.2) is 32.1 Å². The smallest absolute Gasteiger partial charge is 0.269 e. The molecule has 0 spiro atoms. The number of nitro groups is 1. The van der Waals surface area contributed by atoms with Gasteiger partial charge in [0.05, 0.1) is 28.4 Å². The summed E-state index contributed by atoms with van der Waals surface area (Å²) in [4.78, 5) is 25.1. The van der Waals surface area contributed by atoms with Crippen molar-refractivity contribution in [3.8, 4) is 5.69 Å². The summed E-state index contributed by atoms with van der Waals surface area (Å²) in [7, 11) is 0. The molecule has 1 amide bonds. The molecule has 0 bridgehead atoms. The van der Waals surface area contributed by atoms with Gasteiger partial charge in [-0.25, -0.2) is 4.68 Å². The Kier molecular flexibility index (Phi) is 4.26. The van der Waals surface area contributed by atoms with Crippen molar-refractivity contribution in [2.45, 2.75) is 18.9 Å². The molecule has 0 aliphatic carbocycles. The van der Waals surface area contributed by atoms with Crippen molar-refractivity contribution in [3.05, 3.63) is 74.7 Å². The number of nitrogens with zero attached hydrogens (tertiary/aromatic N) is 4. The second kappa shape index (κ2) is 6.72. The average Bonchev–Trinajstić information content (AvgIpc) is 3.41. The van der Waals surface area contributed by atoms with Crippen molar-refractivity contribution in [2.24, 2.45) is 0 Å². The van der Waals surface area contributed by atoms with E-state index in [0.29, 0.717) is 11.3 Å². The topological polar surface area (TPSA) is 81.3 Å². The minimum Gasteiger partial charge on any atom is -0.331 e. The van der Waals surface area contributed by atoms with E-state index in [2.05, 4.69) is 16.5 Å². The molecule has 0 saturated carbocycles. The van der Waals surface area contributed by atoms with Crippen LogP contribution in [0.1, 0.15) is 34.8 Å². The van der Waals surface area contributed by atoms with Crippen LogP contribution in [0.2, 0.25) is 0 Å². The fraction of sp³-hybridized carbons (Fsp3) is 0.222. The van der Waals surface area contributed by atoms with Crippen LogP contribution in [0.15, 0.2) is 53.5 Å². The zero-order chi connectivity index (χ0) is 18.1. The summed E-state index contributed by atoms with van der Waals surface area (Å²) in [6, 6.07) is 8.27. The monoisotopic (exact) mass is 368 g/mol. The lowest BCUT2D eigenvalue weighted by molar-refractivity contribution is -0.384. The summed E-state index contributed by atoms with van der Waals surface area (Å²) < 4.78 is 1.56. The molecule has 4 rings (SSSR count).